The Labute approximate surface area is 210 Å². The van der Waals surface area contributed by atoms with Gasteiger partial charge in [0.2, 0.25) is 0 Å². The average molecular weight is 490 g/mol. The molecule has 8 heteroatoms. The maximum Gasteiger partial charge on any atom is 0.336 e. The first-order valence-corrected chi connectivity index (χ1v) is 11.2. The van der Waals surface area contributed by atoms with Gasteiger partial charge in [-0.25, -0.2) is 4.79 Å². The second kappa shape index (κ2) is 9.35. The highest BCUT2D eigenvalue weighted by atomic mass is 16.4. The highest BCUT2D eigenvalue weighted by Gasteiger charge is 2.34. The number of benzene rings is 4. The molecular formula is C29H18N2O6. The zero-order chi connectivity index (χ0) is 26.1. The number of carboxylic acid groups (broad SMARTS) is 1. The predicted molar refractivity (Wildman–Crippen MR) is 135 cm³/mol. The molecule has 0 saturated heterocycles. The number of aromatic carboxylic acids is 1. The van der Waals surface area contributed by atoms with Crippen LogP contribution in [0.4, 0.5) is 11.4 Å². The highest BCUT2D eigenvalue weighted by Crippen LogP contribution is 2.35. The van der Waals surface area contributed by atoms with Gasteiger partial charge in [-0.3, -0.25) is 19.2 Å². The van der Waals surface area contributed by atoms with Crippen molar-refractivity contribution in [1.82, 2.24) is 0 Å². The van der Waals surface area contributed by atoms with E-state index in [2.05, 4.69) is 10.6 Å². The second-order valence-corrected chi connectivity index (χ2v) is 8.24. The number of carbonyl (C=O) groups is 5. The van der Waals surface area contributed by atoms with Gasteiger partial charge in [-0.05, 0) is 36.4 Å². The van der Waals surface area contributed by atoms with Crippen molar-refractivity contribution in [2.45, 2.75) is 0 Å². The van der Waals surface area contributed by atoms with Gasteiger partial charge in [0.25, 0.3) is 11.8 Å². The number of carbonyl (C=O) groups excluding carboxylic acids is 4. The van der Waals surface area contributed by atoms with E-state index >= 15 is 0 Å². The summed E-state index contributed by atoms with van der Waals surface area (Å²) in [6.07, 6.45) is 0. The Morgan fingerprint density at radius 2 is 1.03 bits per heavy atom. The van der Waals surface area contributed by atoms with Crippen LogP contribution in [0.5, 0.6) is 0 Å². The van der Waals surface area contributed by atoms with E-state index in [0.29, 0.717) is 5.56 Å². The molecule has 4 aromatic carbocycles. The number of carboxylic acids is 1. The molecule has 0 fully saturated rings. The summed E-state index contributed by atoms with van der Waals surface area (Å²) in [7, 11) is 0. The molecule has 1 aliphatic carbocycles. The molecule has 4 aromatic rings. The molecule has 0 saturated carbocycles. The molecule has 0 aromatic heterocycles. The van der Waals surface area contributed by atoms with Gasteiger partial charge in [0.15, 0.2) is 11.6 Å². The van der Waals surface area contributed by atoms with Gasteiger partial charge in [-0.15, -0.1) is 0 Å². The Balaban J connectivity index is 1.52. The van der Waals surface area contributed by atoms with E-state index in [1.165, 1.54) is 48.5 Å². The number of hydrogen-bond acceptors (Lipinski definition) is 5. The Morgan fingerprint density at radius 1 is 0.541 bits per heavy atom. The molecule has 0 bridgehead atoms. The van der Waals surface area contributed by atoms with Crippen LogP contribution in [0.25, 0.3) is 0 Å². The van der Waals surface area contributed by atoms with E-state index in [0.717, 1.165) is 0 Å². The molecular weight excluding hydrogens is 472 g/mol. The molecule has 0 radical (unpaired) electrons. The predicted octanol–water partition coefficient (Wildman–Crippen LogP) is 4.66. The molecule has 0 heterocycles. The Hall–Kier alpha value is -5.37. The fourth-order valence-electron chi connectivity index (χ4n) is 4.29. The lowest BCUT2D eigenvalue weighted by atomic mass is 9.82. The summed E-state index contributed by atoms with van der Waals surface area (Å²) in [5.74, 6) is -3.44. The van der Waals surface area contributed by atoms with Crippen LogP contribution >= 0.6 is 0 Å². The van der Waals surface area contributed by atoms with E-state index in [1.54, 1.807) is 42.5 Å². The van der Waals surface area contributed by atoms with Gasteiger partial charge < -0.3 is 15.7 Å². The summed E-state index contributed by atoms with van der Waals surface area (Å²) in [6.45, 7) is 0. The van der Waals surface area contributed by atoms with Crippen molar-refractivity contribution in [3.8, 4) is 0 Å². The molecule has 3 N–H and O–H groups in total. The van der Waals surface area contributed by atoms with Crippen molar-refractivity contribution in [3.05, 3.63) is 130 Å². The molecule has 8 nitrogen and oxygen atoms in total. The molecule has 180 valence electrons. The Morgan fingerprint density at radius 3 is 1.57 bits per heavy atom. The first kappa shape index (κ1) is 23.4. The smallest absolute Gasteiger partial charge is 0.336 e. The quantitative estimate of drug-likeness (QED) is 0.328. The van der Waals surface area contributed by atoms with Crippen LogP contribution in [0.1, 0.15) is 62.9 Å². The average Bonchev–Trinajstić information content (AvgIpc) is 2.92. The van der Waals surface area contributed by atoms with E-state index in [1.807, 2.05) is 0 Å². The Bertz CT molecular complexity index is 1620. The summed E-state index contributed by atoms with van der Waals surface area (Å²) >= 11 is 0. The van der Waals surface area contributed by atoms with Gasteiger partial charge >= 0.3 is 5.97 Å². The molecule has 0 spiro atoms. The van der Waals surface area contributed by atoms with Crippen molar-refractivity contribution in [2.24, 2.45) is 0 Å². The van der Waals surface area contributed by atoms with Crippen LogP contribution in [0.2, 0.25) is 0 Å². The monoisotopic (exact) mass is 490 g/mol. The van der Waals surface area contributed by atoms with E-state index in [-0.39, 0.29) is 44.8 Å². The first-order chi connectivity index (χ1) is 17.9. The minimum Gasteiger partial charge on any atom is -0.478 e. The van der Waals surface area contributed by atoms with Gasteiger partial charge in [-0.2, -0.15) is 0 Å². The van der Waals surface area contributed by atoms with Crippen molar-refractivity contribution < 1.29 is 29.1 Å². The van der Waals surface area contributed by atoms with Gasteiger partial charge in [-0.1, -0.05) is 54.6 Å². The highest BCUT2D eigenvalue weighted by molar-refractivity contribution is 6.33. The fourth-order valence-corrected chi connectivity index (χ4v) is 4.29. The lowest BCUT2D eigenvalue weighted by Gasteiger charge is -2.22. The SMILES string of the molecule is O=C(Nc1cccc2c1C(=O)c1cccc(NC(=O)c3ccccc3C(=O)O)c1C2=O)c1ccccc1. The Kier molecular flexibility index (Phi) is 5.91. The van der Waals surface area contributed by atoms with Crippen molar-refractivity contribution in [1.29, 1.82) is 0 Å². The zero-order valence-corrected chi connectivity index (χ0v) is 19.1. The van der Waals surface area contributed by atoms with Crippen LogP contribution < -0.4 is 10.6 Å². The van der Waals surface area contributed by atoms with Gasteiger partial charge in [0.05, 0.1) is 33.6 Å². The molecule has 2 amide bonds. The molecule has 37 heavy (non-hydrogen) atoms. The maximum absolute atomic E-state index is 13.6. The van der Waals surface area contributed by atoms with Crippen LogP contribution in [0.3, 0.4) is 0 Å². The van der Waals surface area contributed by atoms with Crippen LogP contribution in [0.15, 0.2) is 91.0 Å². The molecule has 0 unspecified atom stereocenters. The molecule has 0 aliphatic heterocycles. The number of hydrogen-bond donors (Lipinski definition) is 3. The van der Waals surface area contributed by atoms with Crippen molar-refractivity contribution >= 4 is 40.7 Å². The molecule has 5 rings (SSSR count). The van der Waals surface area contributed by atoms with Gasteiger partial charge in [0.1, 0.15) is 0 Å². The van der Waals surface area contributed by atoms with E-state index in [9.17, 15) is 29.1 Å². The van der Waals surface area contributed by atoms with Crippen LogP contribution in [0, 0.1) is 0 Å². The standard InChI is InChI=1S/C29H18N2O6/c32-25-20-13-7-15-22(31-28(35)17-10-4-5-11-18(17)29(36)37)24(20)26(33)19-12-6-14-21(23(19)25)30-27(34)16-8-2-1-3-9-16/h1-15H,(H,30,34)(H,31,35)(H,36,37). The first-order valence-electron chi connectivity index (χ1n) is 11.2. The molecule has 0 atom stereocenters. The zero-order valence-electron chi connectivity index (χ0n) is 19.1. The summed E-state index contributed by atoms with van der Waals surface area (Å²) in [5, 5.41) is 14.7. The third kappa shape index (κ3) is 4.17. The summed E-state index contributed by atoms with van der Waals surface area (Å²) < 4.78 is 0. The van der Waals surface area contributed by atoms with E-state index in [4.69, 9.17) is 0 Å². The minimum atomic E-state index is -1.27. The number of fused-ring (bicyclic) bond motifs is 2. The van der Waals surface area contributed by atoms with Crippen molar-refractivity contribution in [2.75, 3.05) is 10.6 Å². The van der Waals surface area contributed by atoms with Crippen LogP contribution in [-0.2, 0) is 0 Å². The number of rotatable bonds is 5. The molecule has 1 aliphatic rings. The third-order valence-corrected chi connectivity index (χ3v) is 6.01. The maximum atomic E-state index is 13.6. The topological polar surface area (TPSA) is 130 Å². The lowest BCUT2D eigenvalue weighted by molar-refractivity contribution is 0.0692. The normalized spacial score (nSPS) is 11.8. The summed E-state index contributed by atoms with van der Waals surface area (Å²) in [4.78, 5) is 64.3. The summed E-state index contributed by atoms with van der Waals surface area (Å²) in [5.41, 5.74) is 0.563. The minimum absolute atomic E-state index is 0.00677. The number of amides is 2. The largest absolute Gasteiger partial charge is 0.478 e. The number of anilines is 2. The second-order valence-electron chi connectivity index (χ2n) is 8.24. The van der Waals surface area contributed by atoms with E-state index < -0.39 is 29.4 Å². The lowest BCUT2D eigenvalue weighted by Crippen LogP contribution is -2.26. The van der Waals surface area contributed by atoms with Crippen molar-refractivity contribution in [3.63, 3.8) is 0 Å². The third-order valence-electron chi connectivity index (χ3n) is 6.01. The fraction of sp³-hybridized carbons (Fsp3) is 0. The van der Waals surface area contributed by atoms with Gasteiger partial charge in [0, 0.05) is 16.7 Å². The number of nitrogens with one attached hydrogen (secondary N) is 2. The van der Waals surface area contributed by atoms with Crippen LogP contribution in [-0.4, -0.2) is 34.5 Å². The number of ketones is 2. The summed E-state index contributed by atoms with van der Waals surface area (Å²) in [6, 6.07) is 23.2.